The standard InChI is InChI=1S/3C4H9.O.Zn/c3*1-3-4-2;;/h3*1,3-4H2,2H3;;/q3*-1;-2;. The van der Waals surface area contributed by atoms with Gasteiger partial charge in [-0.2, -0.15) is 19.3 Å². The molecule has 0 aliphatic carbocycles. The first-order valence-corrected chi connectivity index (χ1v) is 5.12. The Kier molecular flexibility index (Phi) is 104. The van der Waals surface area contributed by atoms with Crippen LogP contribution in [0.1, 0.15) is 59.3 Å². The fourth-order valence-electron chi connectivity index (χ4n) is 0. The first kappa shape index (κ1) is 29.3. The van der Waals surface area contributed by atoms with Crippen LogP contribution in [0.25, 0.3) is 0 Å². The molecule has 0 bridgehead atoms. The molecule has 0 heterocycles. The molecule has 0 aromatic carbocycles. The van der Waals surface area contributed by atoms with E-state index >= 15 is 0 Å². The second kappa shape index (κ2) is 49.6. The van der Waals surface area contributed by atoms with E-state index in [1.54, 1.807) is 0 Å². The Morgan fingerprint density at radius 3 is 0.714 bits per heavy atom. The van der Waals surface area contributed by atoms with Gasteiger partial charge in [-0.1, -0.05) is 40.0 Å². The largest absolute Gasteiger partial charge is 2.00 e. The molecule has 0 spiro atoms. The zero-order chi connectivity index (χ0) is 10.2. The summed E-state index contributed by atoms with van der Waals surface area (Å²) in [6.45, 7) is 17.2. The van der Waals surface area contributed by atoms with E-state index < -0.39 is 0 Å². The summed E-state index contributed by atoms with van der Waals surface area (Å²) in [7, 11) is 0. The normalized spacial score (nSPS) is 6.43. The van der Waals surface area contributed by atoms with Crippen molar-refractivity contribution >= 4 is 0 Å². The summed E-state index contributed by atoms with van der Waals surface area (Å²) in [5.41, 5.74) is 0. The molecular weight excluding hydrogens is 226 g/mol. The van der Waals surface area contributed by atoms with Crippen molar-refractivity contribution in [2.45, 2.75) is 59.3 Å². The molecule has 0 aliphatic rings. The van der Waals surface area contributed by atoms with Crippen LogP contribution in [0.3, 0.4) is 0 Å². The summed E-state index contributed by atoms with van der Waals surface area (Å²) in [4.78, 5) is 0. The van der Waals surface area contributed by atoms with Crippen LogP contribution in [-0.4, -0.2) is 0 Å². The minimum atomic E-state index is 0. The topological polar surface area (TPSA) is 28.5 Å². The zero-order valence-electron chi connectivity index (χ0n) is 10.5. The summed E-state index contributed by atoms with van der Waals surface area (Å²) in [6.07, 6.45) is 6.83. The fraction of sp³-hybridized carbons (Fsp3) is 0.750. The molecule has 0 unspecified atom stereocenters. The molecule has 14 heavy (non-hydrogen) atoms. The minimum absolute atomic E-state index is 0. The summed E-state index contributed by atoms with van der Waals surface area (Å²) in [6, 6.07) is 0. The van der Waals surface area contributed by atoms with Crippen molar-refractivity contribution in [2.24, 2.45) is 0 Å². The van der Waals surface area contributed by atoms with Gasteiger partial charge >= 0.3 is 0 Å². The molecule has 0 N–H and O–H groups in total. The van der Waals surface area contributed by atoms with Crippen molar-refractivity contribution in [3.05, 3.63) is 20.8 Å². The minimum Gasteiger partial charge on any atom is -2.00 e. The molecule has 0 fully saturated rings. The van der Waals surface area contributed by atoms with E-state index in [1.165, 1.54) is 19.3 Å². The summed E-state index contributed by atoms with van der Waals surface area (Å²) in [5, 5.41) is 0. The van der Waals surface area contributed by atoms with E-state index in [0.717, 1.165) is 19.3 Å². The van der Waals surface area contributed by atoms with Gasteiger partial charge in [-0.15, -0.1) is 0 Å². The van der Waals surface area contributed by atoms with Gasteiger partial charge in [-0.25, -0.2) is 0 Å². The fourth-order valence-corrected chi connectivity index (χ4v) is 0. The van der Waals surface area contributed by atoms with Crippen LogP contribution >= 0.6 is 0 Å². The van der Waals surface area contributed by atoms with E-state index in [-0.39, 0.29) is 25.0 Å². The van der Waals surface area contributed by atoms with Gasteiger partial charge in [0.15, 0.2) is 0 Å². The molecule has 0 radical (unpaired) electrons. The SMILES string of the molecule is [CH2-]CCC.[CH2-]CCC.[CH2-]CCC.[O-2].[Zn]. The smallest absolute Gasteiger partial charge is 0 e. The number of hydrogen-bond donors (Lipinski definition) is 0. The van der Waals surface area contributed by atoms with E-state index in [0.29, 0.717) is 0 Å². The van der Waals surface area contributed by atoms with Crippen molar-refractivity contribution in [3.8, 4) is 0 Å². The van der Waals surface area contributed by atoms with Crippen LogP contribution in [0.4, 0.5) is 0 Å². The molecule has 88 valence electrons. The molecule has 0 aromatic rings. The number of rotatable bonds is 3. The maximum absolute atomic E-state index is 3.60. The number of hydrogen-bond acceptors (Lipinski definition) is 0. The van der Waals surface area contributed by atoms with Crippen molar-refractivity contribution in [2.75, 3.05) is 0 Å². The van der Waals surface area contributed by atoms with Crippen molar-refractivity contribution in [1.29, 1.82) is 0 Å². The molecule has 0 aliphatic heterocycles. The Balaban J connectivity index is -0.0000000270. The van der Waals surface area contributed by atoms with Crippen molar-refractivity contribution in [1.82, 2.24) is 0 Å². The molecule has 0 amide bonds. The monoisotopic (exact) mass is 251 g/mol. The van der Waals surface area contributed by atoms with Crippen LogP contribution in [0, 0.1) is 20.8 Å². The third-order valence-electron chi connectivity index (χ3n) is 1.06. The van der Waals surface area contributed by atoms with Crippen LogP contribution in [0.2, 0.25) is 0 Å². The number of unbranched alkanes of at least 4 members (excludes halogenated alkanes) is 3. The van der Waals surface area contributed by atoms with Gasteiger partial charge < -0.3 is 26.2 Å². The van der Waals surface area contributed by atoms with Gasteiger partial charge in [0.05, 0.1) is 0 Å². The first-order valence-electron chi connectivity index (χ1n) is 5.12. The second-order valence-corrected chi connectivity index (χ2v) is 2.56. The van der Waals surface area contributed by atoms with Gasteiger partial charge in [0, 0.05) is 19.5 Å². The third kappa shape index (κ3) is 131. The van der Waals surface area contributed by atoms with Gasteiger partial charge in [-0.05, 0) is 0 Å². The molecule has 0 rings (SSSR count). The average molecular weight is 253 g/mol. The van der Waals surface area contributed by atoms with Gasteiger partial charge in [0.2, 0.25) is 0 Å². The van der Waals surface area contributed by atoms with Gasteiger partial charge in [-0.3, -0.25) is 0 Å². The van der Waals surface area contributed by atoms with Gasteiger partial charge in [0.25, 0.3) is 0 Å². The van der Waals surface area contributed by atoms with Crippen LogP contribution in [0.15, 0.2) is 0 Å². The van der Waals surface area contributed by atoms with Crippen molar-refractivity contribution < 1.29 is 25.0 Å². The molecule has 0 saturated heterocycles. The molecule has 2 heteroatoms. The molecule has 0 atom stereocenters. The Morgan fingerprint density at radius 1 is 0.643 bits per heavy atom. The maximum Gasteiger partial charge on any atom is 0 e. The van der Waals surface area contributed by atoms with E-state index in [1.807, 2.05) is 0 Å². The van der Waals surface area contributed by atoms with Crippen LogP contribution in [0.5, 0.6) is 0 Å². The average Bonchev–Trinajstić information content (AvgIpc) is 2.18. The molecule has 1 nitrogen and oxygen atoms in total. The van der Waals surface area contributed by atoms with Crippen LogP contribution in [-0.2, 0) is 25.0 Å². The Labute approximate surface area is 105 Å². The summed E-state index contributed by atoms with van der Waals surface area (Å²) >= 11 is 0. The Bertz CT molecular complexity index is 25.8. The van der Waals surface area contributed by atoms with Crippen LogP contribution < -0.4 is 0 Å². The van der Waals surface area contributed by atoms with E-state index in [4.69, 9.17) is 0 Å². The summed E-state index contributed by atoms with van der Waals surface area (Å²) < 4.78 is 0. The summed E-state index contributed by atoms with van der Waals surface area (Å²) in [5.74, 6) is 0. The van der Waals surface area contributed by atoms with E-state index in [9.17, 15) is 0 Å². The van der Waals surface area contributed by atoms with E-state index in [2.05, 4.69) is 41.5 Å². The molecule has 0 saturated carbocycles. The Morgan fingerprint density at radius 2 is 0.714 bits per heavy atom. The molecule has 0 aromatic heterocycles. The predicted molar refractivity (Wildman–Crippen MR) is 61.5 cm³/mol. The zero-order valence-corrected chi connectivity index (χ0v) is 13.4. The first-order chi connectivity index (χ1) is 5.74. The second-order valence-electron chi connectivity index (χ2n) is 2.56. The maximum atomic E-state index is 3.60. The quantitative estimate of drug-likeness (QED) is 0.513. The Hall–Kier alpha value is 0.583. The molecular formula is C12H27OZn-5. The van der Waals surface area contributed by atoms with Gasteiger partial charge in [0.1, 0.15) is 0 Å². The van der Waals surface area contributed by atoms with Crippen molar-refractivity contribution in [3.63, 3.8) is 0 Å². The predicted octanol–water partition coefficient (Wildman–Crippen LogP) is 4.74. The third-order valence-corrected chi connectivity index (χ3v) is 1.06.